The van der Waals surface area contributed by atoms with E-state index in [0.717, 1.165) is 23.7 Å². The topological polar surface area (TPSA) is 78.9 Å². The molecule has 0 aromatic heterocycles. The number of amides is 1. The van der Waals surface area contributed by atoms with Gasteiger partial charge in [0.25, 0.3) is 5.91 Å². The van der Waals surface area contributed by atoms with Gasteiger partial charge in [-0.1, -0.05) is 27.2 Å². The number of halogens is 1. The highest BCUT2D eigenvalue weighted by Crippen LogP contribution is 2.21. The first-order chi connectivity index (χ1) is 9.13. The fourth-order valence-corrected chi connectivity index (χ4v) is 2.74. The highest BCUT2D eigenvalue weighted by atomic mass is 79.9. The molecule has 1 aromatic rings. The molecule has 1 unspecified atom stereocenters. The summed E-state index contributed by atoms with van der Waals surface area (Å²) < 4.78 is 0.857. The molecule has 1 amide bonds. The molecule has 1 aliphatic rings. The molecule has 0 aliphatic carbocycles. The van der Waals surface area contributed by atoms with Crippen molar-refractivity contribution in [3.8, 4) is 0 Å². The molecule has 1 heterocycles. The normalized spacial score (nSPS) is 20.4. The molecule has 0 bridgehead atoms. The van der Waals surface area contributed by atoms with E-state index in [0.29, 0.717) is 12.1 Å². The fourth-order valence-electron chi connectivity index (χ4n) is 2.34. The average Bonchev–Trinajstić information content (AvgIpc) is 2.45. The number of benzene rings is 1. The molecule has 1 aliphatic heterocycles. The van der Waals surface area contributed by atoms with Crippen LogP contribution in [0.2, 0.25) is 0 Å². The van der Waals surface area contributed by atoms with Gasteiger partial charge in [0.1, 0.15) is 0 Å². The van der Waals surface area contributed by atoms with Crippen LogP contribution in [0.4, 0.5) is 0 Å². The minimum Gasteiger partial charge on any atom is -0.409 e. The smallest absolute Gasteiger partial charge is 0.254 e. The lowest BCUT2D eigenvalue weighted by Gasteiger charge is -2.34. The van der Waals surface area contributed by atoms with Gasteiger partial charge in [-0.2, -0.15) is 0 Å². The maximum Gasteiger partial charge on any atom is 0.254 e. The van der Waals surface area contributed by atoms with Crippen LogP contribution < -0.4 is 5.73 Å². The number of nitrogens with two attached hydrogens (primary N) is 1. The Morgan fingerprint density at radius 3 is 2.95 bits per heavy atom. The van der Waals surface area contributed by atoms with E-state index in [1.54, 1.807) is 17.0 Å². The van der Waals surface area contributed by atoms with E-state index < -0.39 is 0 Å². The Balaban J connectivity index is 2.25. The number of amidine groups is 1. The summed E-state index contributed by atoms with van der Waals surface area (Å²) in [5.41, 5.74) is 6.28. The first-order valence-electron chi connectivity index (χ1n) is 6.17. The van der Waals surface area contributed by atoms with E-state index in [1.807, 2.05) is 12.1 Å². The van der Waals surface area contributed by atoms with Crippen LogP contribution in [0.5, 0.6) is 0 Å². The molecule has 102 valence electrons. The van der Waals surface area contributed by atoms with Crippen molar-refractivity contribution in [2.24, 2.45) is 10.9 Å². The summed E-state index contributed by atoms with van der Waals surface area (Å²) in [5, 5.41) is 11.9. The Morgan fingerprint density at radius 2 is 2.26 bits per heavy atom. The maximum absolute atomic E-state index is 12.5. The minimum absolute atomic E-state index is 0.0856. The van der Waals surface area contributed by atoms with Gasteiger partial charge in [0, 0.05) is 16.6 Å². The van der Waals surface area contributed by atoms with Crippen LogP contribution in [0.25, 0.3) is 0 Å². The second-order valence-corrected chi connectivity index (χ2v) is 5.46. The monoisotopic (exact) mass is 325 g/mol. The van der Waals surface area contributed by atoms with Crippen LogP contribution in [-0.2, 0) is 0 Å². The van der Waals surface area contributed by atoms with E-state index in [-0.39, 0.29) is 17.8 Å². The molecule has 1 aromatic carbocycles. The number of likely N-dealkylation sites (tertiary alicyclic amines) is 1. The fraction of sp³-hybridized carbons (Fsp3) is 0.385. The molecular formula is C13H16BrN3O2. The summed E-state index contributed by atoms with van der Waals surface area (Å²) in [4.78, 5) is 14.2. The van der Waals surface area contributed by atoms with Crippen LogP contribution in [0.1, 0.15) is 29.6 Å². The predicted octanol–water partition coefficient (Wildman–Crippen LogP) is 2.19. The highest BCUT2D eigenvalue weighted by molar-refractivity contribution is 9.10. The molecule has 5 nitrogen and oxygen atoms in total. The zero-order chi connectivity index (χ0) is 13.8. The third kappa shape index (κ3) is 3.07. The lowest BCUT2D eigenvalue weighted by molar-refractivity contribution is 0.0676. The number of oxime groups is 1. The summed E-state index contributed by atoms with van der Waals surface area (Å²) in [5.74, 6) is 0.0145. The number of nitrogens with zero attached hydrogens (tertiary/aromatic N) is 2. The van der Waals surface area contributed by atoms with Gasteiger partial charge in [-0.25, -0.2) is 0 Å². The maximum atomic E-state index is 12.5. The average molecular weight is 326 g/mol. The van der Waals surface area contributed by atoms with E-state index >= 15 is 0 Å². The largest absolute Gasteiger partial charge is 0.409 e. The molecule has 0 radical (unpaired) electrons. The SMILES string of the molecule is NC(=NO)C1CCCCN1C(=O)c1cccc(Br)c1. The molecule has 1 saturated heterocycles. The van der Waals surface area contributed by atoms with Crippen molar-refractivity contribution in [1.82, 2.24) is 4.90 Å². The van der Waals surface area contributed by atoms with Gasteiger partial charge in [-0.3, -0.25) is 4.79 Å². The molecular weight excluding hydrogens is 310 g/mol. The summed E-state index contributed by atoms with van der Waals surface area (Å²) in [6, 6.07) is 6.92. The molecule has 1 atom stereocenters. The van der Waals surface area contributed by atoms with Crippen LogP contribution in [0.15, 0.2) is 33.9 Å². The van der Waals surface area contributed by atoms with Crippen LogP contribution >= 0.6 is 15.9 Å². The van der Waals surface area contributed by atoms with Crippen LogP contribution in [0, 0.1) is 0 Å². The number of carbonyl (C=O) groups is 1. The Morgan fingerprint density at radius 1 is 1.47 bits per heavy atom. The Hall–Kier alpha value is -1.56. The minimum atomic E-state index is -0.315. The summed E-state index contributed by atoms with van der Waals surface area (Å²) in [6.07, 6.45) is 2.65. The van der Waals surface area contributed by atoms with Gasteiger partial charge in [-0.05, 0) is 37.5 Å². The van der Waals surface area contributed by atoms with Crippen molar-refractivity contribution >= 4 is 27.7 Å². The summed E-state index contributed by atoms with van der Waals surface area (Å²) in [6.45, 7) is 0.631. The van der Waals surface area contributed by atoms with Crippen LogP contribution in [-0.4, -0.2) is 34.4 Å². The molecule has 2 rings (SSSR count). The van der Waals surface area contributed by atoms with Gasteiger partial charge in [-0.15, -0.1) is 0 Å². The van der Waals surface area contributed by atoms with Crippen molar-refractivity contribution < 1.29 is 10.0 Å². The van der Waals surface area contributed by atoms with E-state index in [2.05, 4.69) is 21.1 Å². The van der Waals surface area contributed by atoms with Gasteiger partial charge in [0.15, 0.2) is 5.84 Å². The van der Waals surface area contributed by atoms with Crippen molar-refractivity contribution in [2.45, 2.75) is 25.3 Å². The number of piperidine rings is 1. The predicted molar refractivity (Wildman–Crippen MR) is 76.2 cm³/mol. The first kappa shape index (κ1) is 13.9. The molecule has 0 spiro atoms. The quantitative estimate of drug-likeness (QED) is 0.378. The van der Waals surface area contributed by atoms with Gasteiger partial charge in [0.2, 0.25) is 0 Å². The second kappa shape index (κ2) is 6.06. The van der Waals surface area contributed by atoms with Gasteiger partial charge >= 0.3 is 0 Å². The number of hydrogen-bond donors (Lipinski definition) is 2. The molecule has 0 saturated carbocycles. The Kier molecular flexibility index (Phi) is 4.42. The molecule has 6 heteroatoms. The summed E-state index contributed by atoms with van der Waals surface area (Å²) >= 11 is 3.35. The third-order valence-electron chi connectivity index (χ3n) is 3.29. The Bertz CT molecular complexity index is 504. The van der Waals surface area contributed by atoms with Crippen LogP contribution in [0.3, 0.4) is 0 Å². The molecule has 3 N–H and O–H groups in total. The third-order valence-corrected chi connectivity index (χ3v) is 3.79. The van der Waals surface area contributed by atoms with Crippen molar-refractivity contribution in [2.75, 3.05) is 6.54 Å². The van der Waals surface area contributed by atoms with Crippen molar-refractivity contribution in [3.63, 3.8) is 0 Å². The lowest BCUT2D eigenvalue weighted by atomic mass is 10.00. The first-order valence-corrected chi connectivity index (χ1v) is 6.96. The molecule has 1 fully saturated rings. The van der Waals surface area contributed by atoms with Crippen molar-refractivity contribution in [1.29, 1.82) is 0 Å². The van der Waals surface area contributed by atoms with Gasteiger partial charge in [0.05, 0.1) is 6.04 Å². The number of rotatable bonds is 2. The summed E-state index contributed by atoms with van der Waals surface area (Å²) in [7, 11) is 0. The van der Waals surface area contributed by atoms with Crippen molar-refractivity contribution in [3.05, 3.63) is 34.3 Å². The molecule has 19 heavy (non-hydrogen) atoms. The number of hydrogen-bond acceptors (Lipinski definition) is 3. The van der Waals surface area contributed by atoms with Gasteiger partial charge < -0.3 is 15.8 Å². The van der Waals surface area contributed by atoms with E-state index in [1.165, 1.54) is 0 Å². The Labute approximate surface area is 120 Å². The highest BCUT2D eigenvalue weighted by Gasteiger charge is 2.30. The standard InChI is InChI=1S/C13H16BrN3O2/c14-10-5-3-4-9(8-10)13(18)17-7-2-1-6-11(17)12(15)16-19/h3-5,8,11,19H,1-2,6-7H2,(H2,15,16). The number of carbonyl (C=O) groups excluding carboxylic acids is 1. The zero-order valence-electron chi connectivity index (χ0n) is 10.4. The lowest BCUT2D eigenvalue weighted by Crippen LogP contribution is -2.50. The van der Waals surface area contributed by atoms with E-state index in [9.17, 15) is 4.79 Å². The zero-order valence-corrected chi connectivity index (χ0v) is 12.0. The second-order valence-electron chi connectivity index (χ2n) is 4.55. The van der Waals surface area contributed by atoms with E-state index in [4.69, 9.17) is 10.9 Å².